The van der Waals surface area contributed by atoms with Crippen LogP contribution in [0.4, 0.5) is 4.39 Å². The summed E-state index contributed by atoms with van der Waals surface area (Å²) in [7, 11) is 0. The molecule has 0 spiro atoms. The van der Waals surface area contributed by atoms with Crippen LogP contribution < -0.4 is 11.1 Å². The topological polar surface area (TPSA) is 83.8 Å². The third-order valence-electron chi connectivity index (χ3n) is 2.95. The molecule has 106 valence electrons. The summed E-state index contributed by atoms with van der Waals surface area (Å²) in [4.78, 5) is 18.7. The Kier molecular flexibility index (Phi) is 4.84. The van der Waals surface area contributed by atoms with E-state index in [0.29, 0.717) is 19.4 Å². The molecular weight excluding hydrogens is 259 g/mol. The number of imidazole rings is 1. The number of rotatable bonds is 6. The molecule has 0 bridgehead atoms. The molecule has 5 nitrogen and oxygen atoms in total. The Morgan fingerprint density at radius 3 is 2.80 bits per heavy atom. The molecule has 2 rings (SSSR count). The van der Waals surface area contributed by atoms with E-state index < -0.39 is 6.04 Å². The highest BCUT2D eigenvalue weighted by atomic mass is 19.1. The van der Waals surface area contributed by atoms with E-state index >= 15 is 0 Å². The quantitative estimate of drug-likeness (QED) is 0.729. The van der Waals surface area contributed by atoms with Crippen molar-refractivity contribution >= 4 is 5.91 Å². The van der Waals surface area contributed by atoms with Crippen LogP contribution in [0.2, 0.25) is 0 Å². The number of H-pyrrole nitrogens is 1. The standard InChI is InChI=1S/C14H17FN4O/c15-11-3-1-10(2-4-11)7-13(16)14(20)18-6-5-12-8-17-9-19-12/h1-4,8-9,13H,5-7,16H2,(H,17,19)(H,18,20)/t13-/m1/s1. The average Bonchev–Trinajstić information content (AvgIpc) is 2.94. The molecule has 0 aliphatic heterocycles. The number of benzene rings is 1. The molecular formula is C14H17FN4O. The third kappa shape index (κ3) is 4.17. The minimum Gasteiger partial charge on any atom is -0.354 e. The highest BCUT2D eigenvalue weighted by Crippen LogP contribution is 2.05. The minimum absolute atomic E-state index is 0.214. The van der Waals surface area contributed by atoms with Gasteiger partial charge in [-0.25, -0.2) is 9.37 Å². The molecule has 0 unspecified atom stereocenters. The van der Waals surface area contributed by atoms with Gasteiger partial charge in [0.25, 0.3) is 0 Å². The Labute approximate surface area is 116 Å². The van der Waals surface area contributed by atoms with Gasteiger partial charge in [0.15, 0.2) is 0 Å². The third-order valence-corrected chi connectivity index (χ3v) is 2.95. The Hall–Kier alpha value is -2.21. The second kappa shape index (κ2) is 6.81. The second-order valence-electron chi connectivity index (χ2n) is 4.55. The summed E-state index contributed by atoms with van der Waals surface area (Å²) in [6.45, 7) is 0.498. The molecule has 6 heteroatoms. The van der Waals surface area contributed by atoms with Crippen LogP contribution >= 0.6 is 0 Å². The van der Waals surface area contributed by atoms with E-state index in [4.69, 9.17) is 5.73 Å². The van der Waals surface area contributed by atoms with Crippen molar-refractivity contribution in [2.45, 2.75) is 18.9 Å². The zero-order valence-electron chi connectivity index (χ0n) is 11.0. The van der Waals surface area contributed by atoms with Crippen molar-refractivity contribution in [3.63, 3.8) is 0 Å². The number of carbonyl (C=O) groups is 1. The second-order valence-corrected chi connectivity index (χ2v) is 4.55. The lowest BCUT2D eigenvalue weighted by atomic mass is 10.1. The Morgan fingerprint density at radius 2 is 2.15 bits per heavy atom. The number of hydrogen-bond donors (Lipinski definition) is 3. The van der Waals surface area contributed by atoms with Crippen LogP contribution in [0.3, 0.4) is 0 Å². The maximum atomic E-state index is 12.8. The number of amides is 1. The summed E-state index contributed by atoms with van der Waals surface area (Å²) in [6, 6.07) is 5.35. The number of carbonyl (C=O) groups excluding carboxylic acids is 1. The predicted octanol–water partition coefficient (Wildman–Crippen LogP) is 0.777. The molecule has 0 aliphatic carbocycles. The van der Waals surface area contributed by atoms with Crippen LogP contribution in [-0.4, -0.2) is 28.5 Å². The molecule has 2 aromatic rings. The Morgan fingerprint density at radius 1 is 1.40 bits per heavy atom. The molecule has 1 aromatic carbocycles. The fraction of sp³-hybridized carbons (Fsp3) is 0.286. The fourth-order valence-electron chi connectivity index (χ4n) is 1.84. The van der Waals surface area contributed by atoms with Gasteiger partial charge in [-0.2, -0.15) is 0 Å². The van der Waals surface area contributed by atoms with Gasteiger partial charge >= 0.3 is 0 Å². The fourth-order valence-corrected chi connectivity index (χ4v) is 1.84. The lowest BCUT2D eigenvalue weighted by Crippen LogP contribution is -2.42. The van der Waals surface area contributed by atoms with Gasteiger partial charge in [0.2, 0.25) is 5.91 Å². The van der Waals surface area contributed by atoms with E-state index in [-0.39, 0.29) is 11.7 Å². The van der Waals surface area contributed by atoms with Crippen molar-refractivity contribution in [1.29, 1.82) is 0 Å². The molecule has 0 aliphatic rings. The summed E-state index contributed by atoms with van der Waals surface area (Å²) in [5.41, 5.74) is 7.61. The lowest BCUT2D eigenvalue weighted by Gasteiger charge is -2.12. The summed E-state index contributed by atoms with van der Waals surface area (Å²) in [6.07, 6.45) is 4.37. The van der Waals surface area contributed by atoms with Gasteiger partial charge in [0, 0.05) is 24.9 Å². The number of nitrogens with two attached hydrogens (primary N) is 1. The Bertz CT molecular complexity index is 539. The van der Waals surface area contributed by atoms with Crippen molar-refractivity contribution in [2.75, 3.05) is 6.54 Å². The zero-order chi connectivity index (χ0) is 14.4. The minimum atomic E-state index is -0.637. The largest absolute Gasteiger partial charge is 0.354 e. The first kappa shape index (κ1) is 14.2. The first-order chi connectivity index (χ1) is 9.65. The van der Waals surface area contributed by atoms with Crippen molar-refractivity contribution in [1.82, 2.24) is 15.3 Å². The molecule has 4 N–H and O–H groups in total. The summed E-state index contributed by atoms with van der Waals surface area (Å²) < 4.78 is 12.8. The van der Waals surface area contributed by atoms with E-state index in [0.717, 1.165) is 11.3 Å². The average molecular weight is 276 g/mol. The van der Waals surface area contributed by atoms with Gasteiger partial charge in [-0.1, -0.05) is 12.1 Å². The number of nitrogens with zero attached hydrogens (tertiary/aromatic N) is 1. The van der Waals surface area contributed by atoms with E-state index in [1.54, 1.807) is 24.7 Å². The van der Waals surface area contributed by atoms with Crippen LogP contribution in [-0.2, 0) is 17.6 Å². The first-order valence-electron chi connectivity index (χ1n) is 6.40. The number of halogens is 1. The number of aromatic nitrogens is 2. The van der Waals surface area contributed by atoms with Crippen LogP contribution in [0.5, 0.6) is 0 Å². The first-order valence-corrected chi connectivity index (χ1v) is 6.40. The van der Waals surface area contributed by atoms with Crippen LogP contribution in [0.1, 0.15) is 11.3 Å². The highest BCUT2D eigenvalue weighted by Gasteiger charge is 2.13. The molecule has 1 aromatic heterocycles. The zero-order valence-corrected chi connectivity index (χ0v) is 11.0. The number of aromatic amines is 1. The maximum absolute atomic E-state index is 12.8. The maximum Gasteiger partial charge on any atom is 0.237 e. The molecule has 0 radical (unpaired) electrons. The van der Waals surface area contributed by atoms with Gasteiger partial charge in [-0.15, -0.1) is 0 Å². The molecule has 0 saturated heterocycles. The van der Waals surface area contributed by atoms with Crippen molar-refractivity contribution in [2.24, 2.45) is 5.73 Å². The van der Waals surface area contributed by atoms with E-state index in [1.807, 2.05) is 0 Å². The van der Waals surface area contributed by atoms with Gasteiger partial charge in [0.05, 0.1) is 12.4 Å². The van der Waals surface area contributed by atoms with Gasteiger partial charge in [0.1, 0.15) is 5.82 Å². The van der Waals surface area contributed by atoms with Crippen LogP contribution in [0, 0.1) is 5.82 Å². The summed E-state index contributed by atoms with van der Waals surface area (Å²) in [5.74, 6) is -0.514. The lowest BCUT2D eigenvalue weighted by molar-refractivity contribution is -0.122. The van der Waals surface area contributed by atoms with Crippen molar-refractivity contribution in [3.05, 3.63) is 53.9 Å². The number of hydrogen-bond acceptors (Lipinski definition) is 3. The molecule has 0 saturated carbocycles. The summed E-state index contributed by atoms with van der Waals surface area (Å²) in [5, 5.41) is 2.77. The highest BCUT2D eigenvalue weighted by molar-refractivity contribution is 5.81. The molecule has 1 amide bonds. The number of nitrogens with one attached hydrogen (secondary N) is 2. The normalized spacial score (nSPS) is 12.1. The molecule has 0 fully saturated rings. The summed E-state index contributed by atoms with van der Waals surface area (Å²) >= 11 is 0. The van der Waals surface area contributed by atoms with Gasteiger partial charge in [-0.3, -0.25) is 4.79 Å². The van der Waals surface area contributed by atoms with E-state index in [2.05, 4.69) is 15.3 Å². The molecule has 1 heterocycles. The van der Waals surface area contributed by atoms with E-state index in [1.165, 1.54) is 12.1 Å². The van der Waals surface area contributed by atoms with Gasteiger partial charge in [-0.05, 0) is 24.1 Å². The Balaban J connectivity index is 1.75. The van der Waals surface area contributed by atoms with Crippen molar-refractivity contribution in [3.8, 4) is 0 Å². The molecule has 1 atom stereocenters. The molecule has 20 heavy (non-hydrogen) atoms. The van der Waals surface area contributed by atoms with Crippen molar-refractivity contribution < 1.29 is 9.18 Å². The monoisotopic (exact) mass is 276 g/mol. The predicted molar refractivity (Wildman–Crippen MR) is 73.4 cm³/mol. The SMILES string of the molecule is N[C@H](Cc1ccc(F)cc1)C(=O)NCCc1cnc[nH]1. The van der Waals surface area contributed by atoms with Gasteiger partial charge < -0.3 is 16.0 Å². The van der Waals surface area contributed by atoms with E-state index in [9.17, 15) is 9.18 Å². The van der Waals surface area contributed by atoms with Crippen LogP contribution in [0.15, 0.2) is 36.8 Å². The smallest absolute Gasteiger partial charge is 0.237 e. The van der Waals surface area contributed by atoms with Crippen LogP contribution in [0.25, 0.3) is 0 Å².